The summed E-state index contributed by atoms with van der Waals surface area (Å²) < 4.78 is 14.1. The van der Waals surface area contributed by atoms with E-state index in [-0.39, 0.29) is 11.9 Å². The lowest BCUT2D eigenvalue weighted by Gasteiger charge is -2.34. The highest BCUT2D eigenvalue weighted by atomic mass is 35.5. The van der Waals surface area contributed by atoms with Crippen LogP contribution in [0.3, 0.4) is 0 Å². The maximum atomic E-state index is 14.1. The Morgan fingerprint density at radius 1 is 1.11 bits per heavy atom. The molecule has 1 atom stereocenters. The molecule has 0 aliphatic carbocycles. The topological polar surface area (TPSA) is 12.0 Å². The predicted octanol–water partition coefficient (Wildman–Crippen LogP) is 4.67. The highest BCUT2D eigenvalue weighted by Crippen LogP contribution is 2.37. The molecule has 18 heavy (non-hydrogen) atoms. The quantitative estimate of drug-likeness (QED) is 0.821. The normalized spacial score (nSPS) is 13.7. The van der Waals surface area contributed by atoms with Gasteiger partial charge in [-0.05, 0) is 36.9 Å². The third-order valence-corrected chi connectivity index (χ3v) is 3.88. The summed E-state index contributed by atoms with van der Waals surface area (Å²) in [5.41, 5.74) is 0.592. The number of hydrogen-bond acceptors (Lipinski definition) is 1. The molecule has 1 rings (SSSR count). The van der Waals surface area contributed by atoms with Crippen molar-refractivity contribution >= 4 is 11.6 Å². The Morgan fingerprint density at radius 2 is 1.67 bits per heavy atom. The fourth-order valence-electron chi connectivity index (χ4n) is 2.88. The van der Waals surface area contributed by atoms with Crippen molar-refractivity contribution in [3.8, 4) is 0 Å². The van der Waals surface area contributed by atoms with E-state index in [1.54, 1.807) is 12.1 Å². The summed E-state index contributed by atoms with van der Waals surface area (Å²) in [7, 11) is 1.87. The Morgan fingerprint density at radius 3 is 2.06 bits per heavy atom. The van der Waals surface area contributed by atoms with Crippen LogP contribution in [-0.4, -0.2) is 7.05 Å². The van der Waals surface area contributed by atoms with Gasteiger partial charge in [0.25, 0.3) is 0 Å². The van der Waals surface area contributed by atoms with Gasteiger partial charge in [-0.2, -0.15) is 0 Å². The van der Waals surface area contributed by atoms with Crippen molar-refractivity contribution in [3.05, 3.63) is 34.6 Å². The van der Waals surface area contributed by atoms with Gasteiger partial charge in [-0.25, -0.2) is 4.39 Å². The van der Waals surface area contributed by atoms with Gasteiger partial charge in [0, 0.05) is 16.6 Å². The fourth-order valence-corrected chi connectivity index (χ4v) is 3.16. The molecule has 0 aliphatic heterocycles. The summed E-state index contributed by atoms with van der Waals surface area (Å²) in [6.07, 6.45) is 0. The van der Waals surface area contributed by atoms with Crippen LogP contribution in [0.1, 0.15) is 39.3 Å². The van der Waals surface area contributed by atoms with Gasteiger partial charge in [0.15, 0.2) is 0 Å². The smallest absolute Gasteiger partial charge is 0.129 e. The summed E-state index contributed by atoms with van der Waals surface area (Å²) in [5, 5.41) is 3.74. The molecule has 0 fully saturated rings. The highest BCUT2D eigenvalue weighted by Gasteiger charge is 2.30. The zero-order valence-electron chi connectivity index (χ0n) is 11.8. The molecule has 0 saturated heterocycles. The van der Waals surface area contributed by atoms with Crippen molar-refractivity contribution in [2.24, 2.45) is 17.8 Å². The van der Waals surface area contributed by atoms with Crippen LogP contribution in [0.4, 0.5) is 4.39 Å². The van der Waals surface area contributed by atoms with Crippen molar-refractivity contribution in [1.82, 2.24) is 5.32 Å². The molecule has 1 nitrogen and oxygen atoms in total. The average molecular weight is 272 g/mol. The highest BCUT2D eigenvalue weighted by molar-refractivity contribution is 6.31. The molecule has 102 valence electrons. The van der Waals surface area contributed by atoms with Crippen LogP contribution < -0.4 is 5.32 Å². The standard InChI is InChI=1S/C15H23ClFN/c1-9(2)13(10(3)4)15(18-5)14-11(16)7-6-8-12(14)17/h6-10,13,15,18H,1-5H3. The first-order chi connectivity index (χ1) is 8.40. The Labute approximate surface area is 115 Å². The number of halogens is 2. The van der Waals surface area contributed by atoms with Crippen LogP contribution in [-0.2, 0) is 0 Å². The van der Waals surface area contributed by atoms with Gasteiger partial charge in [-0.15, -0.1) is 0 Å². The van der Waals surface area contributed by atoms with Gasteiger partial charge >= 0.3 is 0 Å². The maximum Gasteiger partial charge on any atom is 0.129 e. The molecule has 1 aromatic carbocycles. The van der Waals surface area contributed by atoms with Crippen molar-refractivity contribution in [2.45, 2.75) is 33.7 Å². The molecule has 0 spiro atoms. The zero-order chi connectivity index (χ0) is 13.9. The van der Waals surface area contributed by atoms with E-state index in [1.807, 2.05) is 7.05 Å². The third-order valence-electron chi connectivity index (χ3n) is 3.55. The summed E-state index contributed by atoms with van der Waals surface area (Å²) >= 11 is 6.18. The first kappa shape index (κ1) is 15.5. The van der Waals surface area contributed by atoms with Crippen LogP contribution in [0.2, 0.25) is 5.02 Å². The van der Waals surface area contributed by atoms with Crippen molar-refractivity contribution < 1.29 is 4.39 Å². The zero-order valence-corrected chi connectivity index (χ0v) is 12.6. The summed E-state index contributed by atoms with van der Waals surface area (Å²) in [5.74, 6) is 1.02. The van der Waals surface area contributed by atoms with E-state index >= 15 is 0 Å². The first-order valence-electron chi connectivity index (χ1n) is 6.51. The lowest BCUT2D eigenvalue weighted by atomic mass is 9.77. The van der Waals surface area contributed by atoms with Gasteiger partial charge in [0.1, 0.15) is 5.82 Å². The molecule has 0 aliphatic rings. The minimum atomic E-state index is -0.229. The second-order valence-electron chi connectivity index (χ2n) is 5.47. The van der Waals surface area contributed by atoms with Crippen LogP contribution >= 0.6 is 11.6 Å². The van der Waals surface area contributed by atoms with Crippen LogP contribution in [0.15, 0.2) is 18.2 Å². The molecule has 1 N–H and O–H groups in total. The van der Waals surface area contributed by atoms with Gasteiger partial charge in [0.2, 0.25) is 0 Å². The average Bonchev–Trinajstić information content (AvgIpc) is 2.25. The van der Waals surface area contributed by atoms with Gasteiger partial charge in [0.05, 0.1) is 0 Å². The number of rotatable bonds is 5. The van der Waals surface area contributed by atoms with Crippen molar-refractivity contribution in [3.63, 3.8) is 0 Å². The predicted molar refractivity (Wildman–Crippen MR) is 76.4 cm³/mol. The third kappa shape index (κ3) is 3.24. The summed E-state index contributed by atoms with van der Waals surface area (Å²) in [4.78, 5) is 0. The molecule has 0 aromatic heterocycles. The van der Waals surface area contributed by atoms with E-state index in [2.05, 4.69) is 33.0 Å². The van der Waals surface area contributed by atoms with E-state index in [1.165, 1.54) is 6.07 Å². The molecule has 0 amide bonds. The Kier molecular flexibility index (Phi) is 5.61. The first-order valence-corrected chi connectivity index (χ1v) is 6.89. The molecular weight excluding hydrogens is 249 g/mol. The van der Waals surface area contributed by atoms with Gasteiger partial charge in [-0.1, -0.05) is 45.4 Å². The lowest BCUT2D eigenvalue weighted by Crippen LogP contribution is -2.33. The summed E-state index contributed by atoms with van der Waals surface area (Å²) in [6.45, 7) is 8.68. The molecule has 0 bridgehead atoms. The Balaban J connectivity index is 3.23. The maximum absolute atomic E-state index is 14.1. The van der Waals surface area contributed by atoms with Gasteiger partial charge in [-0.3, -0.25) is 0 Å². The van der Waals surface area contributed by atoms with Crippen molar-refractivity contribution in [1.29, 1.82) is 0 Å². The van der Waals surface area contributed by atoms with E-state index in [4.69, 9.17) is 11.6 Å². The molecule has 0 saturated carbocycles. The minimum Gasteiger partial charge on any atom is -0.313 e. The monoisotopic (exact) mass is 271 g/mol. The number of nitrogens with one attached hydrogen (secondary N) is 1. The molecule has 1 aromatic rings. The molecule has 3 heteroatoms. The van der Waals surface area contributed by atoms with Crippen molar-refractivity contribution in [2.75, 3.05) is 7.05 Å². The van der Waals surface area contributed by atoms with Gasteiger partial charge < -0.3 is 5.32 Å². The van der Waals surface area contributed by atoms with Crippen LogP contribution in [0.25, 0.3) is 0 Å². The van der Waals surface area contributed by atoms with E-state index in [0.717, 1.165) is 0 Å². The summed E-state index contributed by atoms with van der Waals surface area (Å²) in [6, 6.07) is 4.82. The second-order valence-corrected chi connectivity index (χ2v) is 5.87. The second kappa shape index (κ2) is 6.53. The largest absolute Gasteiger partial charge is 0.313 e. The van der Waals surface area contributed by atoms with E-state index in [0.29, 0.717) is 28.3 Å². The Hall–Kier alpha value is -0.600. The van der Waals surface area contributed by atoms with E-state index < -0.39 is 0 Å². The number of benzene rings is 1. The lowest BCUT2D eigenvalue weighted by molar-refractivity contribution is 0.214. The molecule has 0 radical (unpaired) electrons. The minimum absolute atomic E-state index is 0.0568. The van der Waals surface area contributed by atoms with Crippen LogP contribution in [0.5, 0.6) is 0 Å². The molecular formula is C15H23ClFN. The molecule has 1 unspecified atom stereocenters. The SMILES string of the molecule is CNC(c1c(F)cccc1Cl)C(C(C)C)C(C)C. The van der Waals surface area contributed by atoms with E-state index in [9.17, 15) is 4.39 Å². The molecule has 0 heterocycles. The fraction of sp³-hybridized carbons (Fsp3) is 0.600. The van der Waals surface area contributed by atoms with Crippen LogP contribution in [0, 0.1) is 23.6 Å². The number of hydrogen-bond donors (Lipinski definition) is 1. The Bertz CT molecular complexity index is 362.